The molecule has 0 unspecified atom stereocenters. The number of rotatable bonds is 6. The Kier molecular flexibility index (Phi) is 4.64. The van der Waals surface area contributed by atoms with E-state index >= 15 is 0 Å². The Morgan fingerprint density at radius 1 is 1.28 bits per heavy atom. The van der Waals surface area contributed by atoms with E-state index in [0.717, 1.165) is 51.9 Å². The Balaban J connectivity index is 1.79. The van der Waals surface area contributed by atoms with Crippen LogP contribution in [-0.2, 0) is 10.0 Å². The van der Waals surface area contributed by atoms with Gasteiger partial charge in [-0.25, -0.2) is 13.1 Å². The molecular weight excluding hydrogens is 250 g/mol. The van der Waals surface area contributed by atoms with Crippen molar-refractivity contribution in [2.75, 3.05) is 38.5 Å². The van der Waals surface area contributed by atoms with E-state index in [1.54, 1.807) is 0 Å². The van der Waals surface area contributed by atoms with Crippen LogP contribution in [-0.4, -0.2) is 57.3 Å². The van der Waals surface area contributed by atoms with E-state index in [1.807, 2.05) is 0 Å². The molecule has 5 nitrogen and oxygen atoms in total. The molecule has 0 aromatic carbocycles. The van der Waals surface area contributed by atoms with Crippen molar-refractivity contribution in [2.24, 2.45) is 0 Å². The van der Waals surface area contributed by atoms with Crippen molar-refractivity contribution in [3.63, 3.8) is 0 Å². The van der Waals surface area contributed by atoms with Crippen molar-refractivity contribution < 1.29 is 8.42 Å². The second-order valence-electron chi connectivity index (χ2n) is 5.50. The zero-order valence-electron chi connectivity index (χ0n) is 11.2. The first-order valence-electron chi connectivity index (χ1n) is 7.00. The second kappa shape index (κ2) is 5.86. The predicted octanol–water partition coefficient (Wildman–Crippen LogP) is 0.144. The van der Waals surface area contributed by atoms with Crippen LogP contribution >= 0.6 is 0 Å². The predicted molar refractivity (Wildman–Crippen MR) is 73.1 cm³/mol. The molecule has 1 aliphatic heterocycles. The maximum atomic E-state index is 12.1. The minimum Gasteiger partial charge on any atom is -0.314 e. The second-order valence-corrected chi connectivity index (χ2v) is 7.34. The summed E-state index contributed by atoms with van der Waals surface area (Å²) in [6.45, 7) is 6.55. The quantitative estimate of drug-likeness (QED) is 0.724. The maximum absolute atomic E-state index is 12.1. The van der Waals surface area contributed by atoms with E-state index in [2.05, 4.69) is 21.9 Å². The van der Waals surface area contributed by atoms with Gasteiger partial charge in [0.1, 0.15) is 0 Å². The summed E-state index contributed by atoms with van der Waals surface area (Å²) in [6.07, 6.45) is 4.04. The van der Waals surface area contributed by atoms with Crippen LogP contribution in [0, 0.1) is 0 Å². The fourth-order valence-electron chi connectivity index (χ4n) is 2.70. The van der Waals surface area contributed by atoms with Gasteiger partial charge in [-0.1, -0.05) is 6.92 Å². The maximum Gasteiger partial charge on any atom is 0.213 e. The number of hydrogen-bond acceptors (Lipinski definition) is 4. The third-order valence-electron chi connectivity index (χ3n) is 4.25. The summed E-state index contributed by atoms with van der Waals surface area (Å²) < 4.78 is 27.1. The van der Waals surface area contributed by atoms with Gasteiger partial charge in [-0.2, -0.15) is 0 Å². The van der Waals surface area contributed by atoms with Crippen LogP contribution in [0.2, 0.25) is 0 Å². The molecule has 0 aromatic rings. The molecule has 2 rings (SSSR count). The highest BCUT2D eigenvalue weighted by atomic mass is 32.2. The van der Waals surface area contributed by atoms with E-state index in [0.29, 0.717) is 6.54 Å². The third kappa shape index (κ3) is 3.66. The van der Waals surface area contributed by atoms with Crippen molar-refractivity contribution >= 4 is 10.0 Å². The number of nitrogens with one attached hydrogen (secondary N) is 2. The highest BCUT2D eigenvalue weighted by Gasteiger charge is 2.38. The van der Waals surface area contributed by atoms with Gasteiger partial charge < -0.3 is 5.32 Å². The van der Waals surface area contributed by atoms with Gasteiger partial charge in [-0.05, 0) is 25.7 Å². The first-order chi connectivity index (χ1) is 8.55. The van der Waals surface area contributed by atoms with E-state index in [-0.39, 0.29) is 11.3 Å². The molecule has 0 atom stereocenters. The molecule has 0 radical (unpaired) electrons. The van der Waals surface area contributed by atoms with Crippen molar-refractivity contribution in [1.29, 1.82) is 0 Å². The number of sulfonamides is 1. The monoisotopic (exact) mass is 275 g/mol. The average molecular weight is 275 g/mol. The smallest absolute Gasteiger partial charge is 0.213 e. The van der Waals surface area contributed by atoms with E-state index in [1.165, 1.54) is 0 Å². The normalized spacial score (nSPS) is 24.7. The Labute approximate surface area is 110 Å². The molecular formula is C12H25N3O2S. The Bertz CT molecular complexity index is 354. The zero-order chi connectivity index (χ0) is 13.1. The highest BCUT2D eigenvalue weighted by Crippen LogP contribution is 2.35. The minimum atomic E-state index is -3.12. The molecule has 0 amide bonds. The summed E-state index contributed by atoms with van der Waals surface area (Å²) in [6, 6.07) is 0. The minimum absolute atomic E-state index is 0.123. The van der Waals surface area contributed by atoms with E-state index < -0.39 is 10.0 Å². The summed E-state index contributed by atoms with van der Waals surface area (Å²) in [5.41, 5.74) is -0.123. The van der Waals surface area contributed by atoms with Crippen molar-refractivity contribution in [3.8, 4) is 0 Å². The third-order valence-corrected chi connectivity index (χ3v) is 5.71. The summed E-state index contributed by atoms with van der Waals surface area (Å²) in [5, 5.41) is 3.27. The lowest BCUT2D eigenvalue weighted by Crippen LogP contribution is -2.54. The highest BCUT2D eigenvalue weighted by molar-refractivity contribution is 7.89. The first-order valence-corrected chi connectivity index (χ1v) is 8.65. The van der Waals surface area contributed by atoms with Crippen LogP contribution in [0.25, 0.3) is 0 Å². The molecule has 1 saturated carbocycles. The molecule has 0 bridgehead atoms. The Hall–Kier alpha value is -0.170. The van der Waals surface area contributed by atoms with Crippen LogP contribution < -0.4 is 10.0 Å². The van der Waals surface area contributed by atoms with Crippen molar-refractivity contribution in [2.45, 2.75) is 38.1 Å². The Morgan fingerprint density at radius 2 is 1.94 bits per heavy atom. The topological polar surface area (TPSA) is 61.4 Å². The summed E-state index contributed by atoms with van der Waals surface area (Å²) >= 11 is 0. The molecule has 1 heterocycles. The number of piperazine rings is 1. The molecule has 0 aromatic heterocycles. The fraction of sp³-hybridized carbons (Fsp3) is 1.00. The van der Waals surface area contributed by atoms with Crippen molar-refractivity contribution in [1.82, 2.24) is 14.9 Å². The van der Waals surface area contributed by atoms with E-state index in [4.69, 9.17) is 0 Å². The average Bonchev–Trinajstić information content (AvgIpc) is 2.33. The molecule has 106 valence electrons. The lowest BCUT2D eigenvalue weighted by atomic mass is 9.76. The van der Waals surface area contributed by atoms with Crippen LogP contribution in [0.3, 0.4) is 0 Å². The zero-order valence-corrected chi connectivity index (χ0v) is 12.1. The van der Waals surface area contributed by atoms with Gasteiger partial charge in [-0.15, -0.1) is 0 Å². The molecule has 18 heavy (non-hydrogen) atoms. The van der Waals surface area contributed by atoms with Gasteiger partial charge in [0.2, 0.25) is 10.0 Å². The molecule has 1 saturated heterocycles. The van der Waals surface area contributed by atoms with Crippen LogP contribution in [0.1, 0.15) is 32.6 Å². The van der Waals surface area contributed by atoms with Crippen molar-refractivity contribution in [3.05, 3.63) is 0 Å². The standard InChI is InChI=1S/C12H25N3O2S/c1-2-12(4-3-5-12)14-18(16,17)11-10-15-8-6-13-7-9-15/h13-14H,2-11H2,1H3. The largest absolute Gasteiger partial charge is 0.314 e. The van der Waals surface area contributed by atoms with Crippen LogP contribution in [0.15, 0.2) is 0 Å². The van der Waals surface area contributed by atoms with Gasteiger partial charge in [0.25, 0.3) is 0 Å². The number of hydrogen-bond donors (Lipinski definition) is 2. The van der Waals surface area contributed by atoms with E-state index in [9.17, 15) is 8.42 Å². The lowest BCUT2D eigenvalue weighted by Gasteiger charge is -2.41. The fourth-order valence-corrected chi connectivity index (χ4v) is 4.31. The van der Waals surface area contributed by atoms with Gasteiger partial charge in [0.05, 0.1) is 5.75 Å². The summed E-state index contributed by atoms with van der Waals surface area (Å²) in [5.74, 6) is 0.231. The summed E-state index contributed by atoms with van der Waals surface area (Å²) in [4.78, 5) is 2.22. The van der Waals surface area contributed by atoms with Gasteiger partial charge in [-0.3, -0.25) is 4.90 Å². The molecule has 0 spiro atoms. The van der Waals surface area contributed by atoms with Gasteiger partial charge >= 0.3 is 0 Å². The molecule has 1 aliphatic carbocycles. The SMILES string of the molecule is CCC1(NS(=O)(=O)CCN2CCNCC2)CCC1. The molecule has 2 N–H and O–H groups in total. The lowest BCUT2D eigenvalue weighted by molar-refractivity contribution is 0.212. The Morgan fingerprint density at radius 3 is 2.44 bits per heavy atom. The van der Waals surface area contributed by atoms with Crippen LogP contribution in [0.4, 0.5) is 0 Å². The molecule has 6 heteroatoms. The van der Waals surface area contributed by atoms with Gasteiger partial charge in [0, 0.05) is 38.3 Å². The number of nitrogens with zero attached hydrogens (tertiary/aromatic N) is 1. The van der Waals surface area contributed by atoms with Crippen LogP contribution in [0.5, 0.6) is 0 Å². The molecule has 2 aliphatic rings. The molecule has 2 fully saturated rings. The van der Waals surface area contributed by atoms with Gasteiger partial charge in [0.15, 0.2) is 0 Å². The first kappa shape index (κ1) is 14.2. The summed E-state index contributed by atoms with van der Waals surface area (Å²) in [7, 11) is -3.12.